The summed E-state index contributed by atoms with van der Waals surface area (Å²) in [6.07, 6.45) is 5.52. The van der Waals surface area contributed by atoms with Crippen LogP contribution in [0.2, 0.25) is 5.02 Å². The van der Waals surface area contributed by atoms with E-state index in [9.17, 15) is 9.90 Å². The van der Waals surface area contributed by atoms with Gasteiger partial charge >= 0.3 is 0 Å². The standard InChI is InChI=1S/C15H23ClN2O2/c1-10(2)18-9-12(16)7-13(18)15(20)17-8-11-5-3-4-6-14(11)19/h7,9-11,14,19H,3-6,8H2,1-2H3,(H,17,20). The highest BCUT2D eigenvalue weighted by atomic mass is 35.5. The molecule has 1 aliphatic rings. The fourth-order valence-electron chi connectivity index (χ4n) is 2.80. The lowest BCUT2D eigenvalue weighted by molar-refractivity contribution is 0.0660. The van der Waals surface area contributed by atoms with Crippen molar-refractivity contribution in [1.29, 1.82) is 0 Å². The molecule has 2 atom stereocenters. The quantitative estimate of drug-likeness (QED) is 0.898. The monoisotopic (exact) mass is 298 g/mol. The number of aliphatic hydroxyl groups is 1. The summed E-state index contributed by atoms with van der Waals surface area (Å²) in [5.41, 5.74) is 0.579. The number of hydrogen-bond donors (Lipinski definition) is 2. The molecule has 2 N–H and O–H groups in total. The number of aliphatic hydroxyl groups excluding tert-OH is 1. The largest absolute Gasteiger partial charge is 0.393 e. The molecule has 0 radical (unpaired) electrons. The second kappa shape index (κ2) is 6.64. The zero-order chi connectivity index (χ0) is 14.7. The Balaban J connectivity index is 1.98. The molecule has 2 unspecified atom stereocenters. The van der Waals surface area contributed by atoms with E-state index >= 15 is 0 Å². The van der Waals surface area contributed by atoms with Gasteiger partial charge in [-0.1, -0.05) is 24.4 Å². The van der Waals surface area contributed by atoms with E-state index in [4.69, 9.17) is 11.6 Å². The highest BCUT2D eigenvalue weighted by molar-refractivity contribution is 6.31. The van der Waals surface area contributed by atoms with Crippen LogP contribution in [0.25, 0.3) is 0 Å². The molecular weight excluding hydrogens is 276 g/mol. The van der Waals surface area contributed by atoms with Gasteiger partial charge in [-0.25, -0.2) is 0 Å². The summed E-state index contributed by atoms with van der Waals surface area (Å²) in [6.45, 7) is 4.55. The average Bonchev–Trinajstić information content (AvgIpc) is 2.80. The summed E-state index contributed by atoms with van der Waals surface area (Å²) in [5, 5.41) is 13.4. The molecule has 1 fully saturated rings. The Morgan fingerprint density at radius 3 is 2.85 bits per heavy atom. The van der Waals surface area contributed by atoms with Crippen molar-refractivity contribution >= 4 is 17.5 Å². The average molecular weight is 299 g/mol. The van der Waals surface area contributed by atoms with E-state index in [2.05, 4.69) is 5.32 Å². The van der Waals surface area contributed by atoms with Crippen LogP contribution in [0, 0.1) is 5.92 Å². The molecule has 4 nitrogen and oxygen atoms in total. The summed E-state index contributed by atoms with van der Waals surface area (Å²) in [4.78, 5) is 12.3. The highest BCUT2D eigenvalue weighted by Gasteiger charge is 2.24. The Bertz CT molecular complexity index is 470. The Morgan fingerprint density at radius 2 is 2.20 bits per heavy atom. The molecule has 1 aromatic rings. The maximum atomic E-state index is 12.3. The third-order valence-electron chi connectivity index (χ3n) is 4.00. The van der Waals surface area contributed by atoms with Gasteiger partial charge in [-0.3, -0.25) is 4.79 Å². The number of hydrogen-bond acceptors (Lipinski definition) is 2. The minimum atomic E-state index is -0.287. The fraction of sp³-hybridized carbons (Fsp3) is 0.667. The first-order valence-corrected chi connectivity index (χ1v) is 7.70. The molecule has 0 aromatic carbocycles. The van der Waals surface area contributed by atoms with Gasteiger partial charge in [0.15, 0.2) is 0 Å². The summed E-state index contributed by atoms with van der Waals surface area (Å²) >= 11 is 5.98. The van der Waals surface area contributed by atoms with Gasteiger partial charge < -0.3 is 15.0 Å². The normalized spacial score (nSPS) is 23.1. The number of carbonyl (C=O) groups excluding carboxylic acids is 1. The van der Waals surface area contributed by atoms with E-state index in [-0.39, 0.29) is 24.0 Å². The number of amides is 1. The lowest BCUT2D eigenvalue weighted by Gasteiger charge is -2.27. The molecule has 0 saturated heterocycles. The minimum Gasteiger partial charge on any atom is -0.393 e. The van der Waals surface area contributed by atoms with E-state index in [1.807, 2.05) is 18.4 Å². The van der Waals surface area contributed by atoms with Crippen LogP contribution < -0.4 is 5.32 Å². The van der Waals surface area contributed by atoms with Crippen LogP contribution in [0.1, 0.15) is 56.1 Å². The summed E-state index contributed by atoms with van der Waals surface area (Å²) in [7, 11) is 0. The van der Waals surface area contributed by atoms with Crippen molar-refractivity contribution in [3.05, 3.63) is 23.0 Å². The smallest absolute Gasteiger partial charge is 0.267 e. The van der Waals surface area contributed by atoms with E-state index in [1.165, 1.54) is 0 Å². The van der Waals surface area contributed by atoms with Crippen molar-refractivity contribution in [2.45, 2.75) is 51.7 Å². The van der Waals surface area contributed by atoms with Gasteiger partial charge in [-0.15, -0.1) is 0 Å². The number of carbonyl (C=O) groups is 1. The first-order valence-electron chi connectivity index (χ1n) is 7.32. The zero-order valence-electron chi connectivity index (χ0n) is 12.1. The van der Waals surface area contributed by atoms with Crippen molar-refractivity contribution in [2.24, 2.45) is 5.92 Å². The van der Waals surface area contributed by atoms with Gasteiger partial charge in [-0.05, 0) is 32.8 Å². The van der Waals surface area contributed by atoms with Gasteiger partial charge in [0.25, 0.3) is 5.91 Å². The van der Waals surface area contributed by atoms with E-state index < -0.39 is 0 Å². The molecule has 1 aromatic heterocycles. The topological polar surface area (TPSA) is 54.3 Å². The minimum absolute atomic E-state index is 0.122. The first-order chi connectivity index (χ1) is 9.49. The van der Waals surface area contributed by atoms with E-state index in [0.717, 1.165) is 25.7 Å². The van der Waals surface area contributed by atoms with E-state index in [0.29, 0.717) is 17.3 Å². The van der Waals surface area contributed by atoms with Crippen LogP contribution in [-0.2, 0) is 0 Å². The third kappa shape index (κ3) is 3.55. The van der Waals surface area contributed by atoms with E-state index in [1.54, 1.807) is 12.3 Å². The second-order valence-corrected chi connectivity index (χ2v) is 6.30. The molecule has 112 valence electrons. The number of rotatable bonds is 4. The maximum Gasteiger partial charge on any atom is 0.267 e. The Hall–Kier alpha value is -1.00. The van der Waals surface area contributed by atoms with Crippen LogP contribution in [0.4, 0.5) is 0 Å². The SMILES string of the molecule is CC(C)n1cc(Cl)cc1C(=O)NCC1CCCCC1O. The fourth-order valence-corrected chi connectivity index (χ4v) is 3.00. The van der Waals surface area contributed by atoms with Crippen LogP contribution in [0.3, 0.4) is 0 Å². The van der Waals surface area contributed by atoms with Crippen molar-refractivity contribution in [2.75, 3.05) is 6.54 Å². The van der Waals surface area contributed by atoms with Crippen LogP contribution >= 0.6 is 11.6 Å². The molecule has 1 aliphatic carbocycles. The van der Waals surface area contributed by atoms with Gasteiger partial charge in [-0.2, -0.15) is 0 Å². The maximum absolute atomic E-state index is 12.3. The molecule has 0 bridgehead atoms. The number of aromatic nitrogens is 1. The summed E-state index contributed by atoms with van der Waals surface area (Å²) < 4.78 is 1.87. The van der Waals surface area contributed by atoms with Crippen molar-refractivity contribution in [3.8, 4) is 0 Å². The lowest BCUT2D eigenvalue weighted by Crippen LogP contribution is -2.37. The molecule has 1 amide bonds. The molecule has 0 spiro atoms. The molecule has 2 rings (SSSR count). The van der Waals surface area contributed by atoms with Crippen LogP contribution in [0.5, 0.6) is 0 Å². The second-order valence-electron chi connectivity index (χ2n) is 5.87. The van der Waals surface area contributed by atoms with Crippen molar-refractivity contribution in [3.63, 3.8) is 0 Å². The molecule has 5 heteroatoms. The zero-order valence-corrected chi connectivity index (χ0v) is 12.9. The molecule has 1 heterocycles. The van der Waals surface area contributed by atoms with Crippen molar-refractivity contribution < 1.29 is 9.90 Å². The number of halogens is 1. The van der Waals surface area contributed by atoms with Gasteiger partial charge in [0, 0.05) is 24.7 Å². The predicted octanol–water partition coefficient (Wildman–Crippen LogP) is 3.00. The first kappa shape index (κ1) is 15.4. The molecule has 20 heavy (non-hydrogen) atoms. The molecule has 1 saturated carbocycles. The molecular formula is C15H23ClN2O2. The van der Waals surface area contributed by atoms with Gasteiger partial charge in [0.05, 0.1) is 11.1 Å². The highest BCUT2D eigenvalue weighted by Crippen LogP contribution is 2.24. The van der Waals surface area contributed by atoms with Crippen LogP contribution in [0.15, 0.2) is 12.3 Å². The van der Waals surface area contributed by atoms with Gasteiger partial charge in [0.2, 0.25) is 0 Å². The number of nitrogens with zero attached hydrogens (tertiary/aromatic N) is 1. The molecule has 0 aliphatic heterocycles. The predicted molar refractivity (Wildman–Crippen MR) is 80.1 cm³/mol. The Kier molecular flexibility index (Phi) is 5.11. The number of nitrogens with one attached hydrogen (secondary N) is 1. The Labute approximate surface area is 125 Å². The van der Waals surface area contributed by atoms with Crippen molar-refractivity contribution in [1.82, 2.24) is 9.88 Å². The van der Waals surface area contributed by atoms with Crippen LogP contribution in [-0.4, -0.2) is 28.2 Å². The van der Waals surface area contributed by atoms with Gasteiger partial charge in [0.1, 0.15) is 5.69 Å². The lowest BCUT2D eigenvalue weighted by atomic mass is 9.86. The third-order valence-corrected chi connectivity index (χ3v) is 4.20. The Morgan fingerprint density at radius 1 is 1.50 bits per heavy atom. The summed E-state index contributed by atoms with van der Waals surface area (Å²) in [6, 6.07) is 1.87. The summed E-state index contributed by atoms with van der Waals surface area (Å²) in [5.74, 6) is 0.0500.